The highest BCUT2D eigenvalue weighted by molar-refractivity contribution is 7.07. The second-order valence-electron chi connectivity index (χ2n) is 4.62. The molecule has 0 saturated heterocycles. The number of nitriles is 1. The van der Waals surface area contributed by atoms with Crippen molar-refractivity contribution < 1.29 is 19.2 Å². The van der Waals surface area contributed by atoms with E-state index in [-0.39, 0.29) is 23.4 Å². The summed E-state index contributed by atoms with van der Waals surface area (Å²) in [7, 11) is 0. The lowest BCUT2D eigenvalue weighted by Crippen LogP contribution is -2.22. The lowest BCUT2D eigenvalue weighted by atomic mass is 10.1. The number of hydrogen-bond acceptors (Lipinski definition) is 7. The minimum Gasteiger partial charge on any atom is -0.455 e. The Balaban J connectivity index is 1.91. The molecule has 122 valence electrons. The monoisotopic (exact) mass is 345 g/mol. The predicted octanol–water partition coefficient (Wildman–Crippen LogP) is 2.25. The van der Waals surface area contributed by atoms with E-state index in [1.54, 1.807) is 17.5 Å². The number of nitrogens with one attached hydrogen (secondary N) is 1. The van der Waals surface area contributed by atoms with Gasteiger partial charge >= 0.3 is 5.97 Å². The van der Waals surface area contributed by atoms with E-state index >= 15 is 0 Å². The number of nitrogens with zero attached hydrogens (tertiary/aromatic N) is 2. The normalized spacial score (nSPS) is 9.79. The van der Waals surface area contributed by atoms with Crippen LogP contribution in [0.3, 0.4) is 0 Å². The number of amides is 1. The number of hydrogen-bond donors (Lipinski definition) is 1. The van der Waals surface area contributed by atoms with Crippen molar-refractivity contribution in [3.63, 3.8) is 0 Å². The maximum absolute atomic E-state index is 11.8. The number of nitro groups is 1. The third-order valence-electron chi connectivity index (χ3n) is 2.90. The maximum Gasteiger partial charge on any atom is 0.310 e. The van der Waals surface area contributed by atoms with Crippen LogP contribution in [0.2, 0.25) is 0 Å². The molecule has 0 aliphatic carbocycles. The van der Waals surface area contributed by atoms with Crippen molar-refractivity contribution in [2.75, 3.05) is 11.9 Å². The molecule has 8 nitrogen and oxygen atoms in total. The fraction of sp³-hybridized carbons (Fsp3) is 0.133. The molecule has 0 bridgehead atoms. The SMILES string of the molecule is N#Cc1cc([N+](=O)[O-])ccc1NC(=O)COC(=O)Cc1ccsc1. The van der Waals surface area contributed by atoms with Crippen LogP contribution < -0.4 is 5.32 Å². The van der Waals surface area contributed by atoms with E-state index in [0.717, 1.165) is 11.6 Å². The number of esters is 1. The second kappa shape index (κ2) is 7.85. The van der Waals surface area contributed by atoms with Crippen molar-refractivity contribution in [2.45, 2.75) is 6.42 Å². The van der Waals surface area contributed by atoms with Gasteiger partial charge in [0.25, 0.3) is 11.6 Å². The summed E-state index contributed by atoms with van der Waals surface area (Å²) in [6, 6.07) is 7.02. The highest BCUT2D eigenvalue weighted by atomic mass is 32.1. The topological polar surface area (TPSA) is 122 Å². The van der Waals surface area contributed by atoms with Crippen LogP contribution in [0.25, 0.3) is 0 Å². The number of carbonyl (C=O) groups is 2. The molecular formula is C15H11N3O5S. The first kappa shape index (κ1) is 17.1. The zero-order valence-electron chi connectivity index (χ0n) is 12.2. The van der Waals surface area contributed by atoms with Crippen molar-refractivity contribution in [2.24, 2.45) is 0 Å². The first-order chi connectivity index (χ1) is 11.5. The van der Waals surface area contributed by atoms with Gasteiger partial charge in [0.2, 0.25) is 0 Å². The Kier molecular flexibility index (Phi) is 5.59. The van der Waals surface area contributed by atoms with Crippen LogP contribution in [-0.2, 0) is 20.7 Å². The van der Waals surface area contributed by atoms with Crippen molar-refractivity contribution in [1.82, 2.24) is 0 Å². The molecule has 0 fully saturated rings. The summed E-state index contributed by atoms with van der Waals surface area (Å²) in [6.45, 7) is -0.509. The van der Waals surface area contributed by atoms with E-state index in [9.17, 15) is 19.7 Å². The summed E-state index contributed by atoms with van der Waals surface area (Å²) < 4.78 is 4.85. The predicted molar refractivity (Wildman–Crippen MR) is 85.4 cm³/mol. The molecule has 1 amide bonds. The van der Waals surface area contributed by atoms with Gasteiger partial charge in [-0.25, -0.2) is 0 Å². The number of non-ortho nitro benzene ring substituents is 1. The van der Waals surface area contributed by atoms with Crippen LogP contribution in [-0.4, -0.2) is 23.4 Å². The Morgan fingerprint density at radius 3 is 2.79 bits per heavy atom. The second-order valence-corrected chi connectivity index (χ2v) is 5.40. The minimum absolute atomic E-state index is 0.0536. The van der Waals surface area contributed by atoms with E-state index in [1.165, 1.54) is 23.5 Å². The van der Waals surface area contributed by atoms with Gasteiger partial charge in [0.05, 0.1) is 22.6 Å². The zero-order valence-corrected chi connectivity index (χ0v) is 13.0. The van der Waals surface area contributed by atoms with Crippen LogP contribution in [0.4, 0.5) is 11.4 Å². The number of benzene rings is 1. The molecule has 1 N–H and O–H groups in total. The third-order valence-corrected chi connectivity index (χ3v) is 3.63. The van der Waals surface area contributed by atoms with Gasteiger partial charge in [0.1, 0.15) is 6.07 Å². The van der Waals surface area contributed by atoms with Gasteiger partial charge in [-0.3, -0.25) is 19.7 Å². The van der Waals surface area contributed by atoms with E-state index in [2.05, 4.69) is 5.32 Å². The number of rotatable bonds is 6. The lowest BCUT2D eigenvalue weighted by Gasteiger charge is -2.07. The molecule has 0 saturated carbocycles. The van der Waals surface area contributed by atoms with Crippen molar-refractivity contribution in [1.29, 1.82) is 5.26 Å². The Labute approximate surface area is 140 Å². The fourth-order valence-corrected chi connectivity index (χ4v) is 2.46. The van der Waals surface area contributed by atoms with Gasteiger partial charge in [-0.05, 0) is 28.5 Å². The molecule has 24 heavy (non-hydrogen) atoms. The molecule has 0 atom stereocenters. The van der Waals surface area contributed by atoms with Gasteiger partial charge in [-0.15, -0.1) is 0 Å². The van der Waals surface area contributed by atoms with Crippen LogP contribution in [0, 0.1) is 21.4 Å². The average molecular weight is 345 g/mol. The quantitative estimate of drug-likeness (QED) is 0.487. The fourth-order valence-electron chi connectivity index (χ4n) is 1.79. The van der Waals surface area contributed by atoms with Crippen molar-refractivity contribution in [3.05, 3.63) is 56.3 Å². The molecule has 2 aromatic rings. The van der Waals surface area contributed by atoms with Crippen LogP contribution in [0.15, 0.2) is 35.0 Å². The average Bonchev–Trinajstić information content (AvgIpc) is 3.06. The number of anilines is 1. The summed E-state index contributed by atoms with van der Waals surface area (Å²) >= 11 is 1.45. The highest BCUT2D eigenvalue weighted by Crippen LogP contribution is 2.21. The molecule has 1 heterocycles. The molecule has 0 unspecified atom stereocenters. The maximum atomic E-state index is 11.8. The Bertz CT molecular complexity index is 811. The van der Waals surface area contributed by atoms with E-state index < -0.39 is 23.4 Å². The first-order valence-electron chi connectivity index (χ1n) is 6.64. The van der Waals surface area contributed by atoms with Crippen molar-refractivity contribution in [3.8, 4) is 6.07 Å². The van der Waals surface area contributed by atoms with Crippen LogP contribution in [0.5, 0.6) is 0 Å². The summed E-state index contributed by atoms with van der Waals surface area (Å²) in [4.78, 5) is 33.4. The molecule has 0 radical (unpaired) electrons. The van der Waals surface area contributed by atoms with Gasteiger partial charge in [0.15, 0.2) is 6.61 Å². The smallest absolute Gasteiger partial charge is 0.310 e. The Hall–Kier alpha value is -3.25. The molecule has 0 aliphatic rings. The van der Waals surface area contributed by atoms with Crippen LogP contribution >= 0.6 is 11.3 Å². The summed E-state index contributed by atoms with van der Waals surface area (Å²) in [5.41, 5.74) is 0.600. The number of thiophene rings is 1. The molecule has 2 rings (SSSR count). The number of nitro benzene ring substituents is 1. The number of carbonyl (C=O) groups excluding carboxylic acids is 2. The van der Waals surface area contributed by atoms with E-state index in [4.69, 9.17) is 10.00 Å². The van der Waals surface area contributed by atoms with Gasteiger partial charge in [-0.2, -0.15) is 16.6 Å². The largest absolute Gasteiger partial charge is 0.455 e. The summed E-state index contributed by atoms with van der Waals surface area (Å²) in [5, 5.41) is 25.7. The molecule has 1 aromatic heterocycles. The summed E-state index contributed by atoms with van der Waals surface area (Å²) in [6.07, 6.45) is 0.0672. The zero-order chi connectivity index (χ0) is 17.5. The lowest BCUT2D eigenvalue weighted by molar-refractivity contribution is -0.384. The summed E-state index contributed by atoms with van der Waals surface area (Å²) in [5.74, 6) is -1.19. The van der Waals surface area contributed by atoms with Gasteiger partial charge in [-0.1, -0.05) is 0 Å². The Morgan fingerprint density at radius 1 is 1.38 bits per heavy atom. The molecular weight excluding hydrogens is 334 g/mol. The minimum atomic E-state index is -0.640. The molecule has 0 aliphatic heterocycles. The van der Waals surface area contributed by atoms with E-state index in [1.807, 2.05) is 5.38 Å². The molecule has 1 aromatic carbocycles. The van der Waals surface area contributed by atoms with Gasteiger partial charge < -0.3 is 10.1 Å². The van der Waals surface area contributed by atoms with Gasteiger partial charge in [0, 0.05) is 12.1 Å². The highest BCUT2D eigenvalue weighted by Gasteiger charge is 2.14. The van der Waals surface area contributed by atoms with Crippen molar-refractivity contribution >= 4 is 34.6 Å². The first-order valence-corrected chi connectivity index (χ1v) is 7.59. The van der Waals surface area contributed by atoms with E-state index in [0.29, 0.717) is 0 Å². The third kappa shape index (κ3) is 4.62. The standard InChI is InChI=1S/C15H11N3O5S/c16-7-11-6-12(18(21)22)1-2-13(11)17-14(19)8-23-15(20)5-10-3-4-24-9-10/h1-4,6,9H,5,8H2,(H,17,19). The molecule has 0 spiro atoms. The number of ether oxygens (including phenoxy) is 1. The van der Waals surface area contributed by atoms with Crippen LogP contribution in [0.1, 0.15) is 11.1 Å². The Morgan fingerprint density at radius 2 is 2.17 bits per heavy atom. The molecule has 9 heteroatoms.